The number of nitrogens with zero attached hydrogens (tertiary/aromatic N) is 5. The zero-order valence-corrected chi connectivity index (χ0v) is 13.7. The molecule has 2 rings (SSSR count). The number of carbonyl (C=O) groups excluding carboxylic acids is 1. The molecular formula is C16H16FN5OS. The number of nitriles is 1. The average molecular weight is 345 g/mol. The minimum Gasteiger partial charge on any atom is -0.311 e. The highest BCUT2D eigenvalue weighted by Crippen LogP contribution is 2.20. The number of amides is 1. The van der Waals surface area contributed by atoms with Crippen LogP contribution in [-0.2, 0) is 11.3 Å². The Morgan fingerprint density at radius 1 is 1.46 bits per heavy atom. The maximum atomic E-state index is 13.1. The summed E-state index contributed by atoms with van der Waals surface area (Å²) in [7, 11) is 0. The molecule has 0 aliphatic heterocycles. The van der Waals surface area contributed by atoms with E-state index >= 15 is 0 Å². The van der Waals surface area contributed by atoms with Crippen LogP contribution < -0.4 is 4.90 Å². The van der Waals surface area contributed by atoms with Gasteiger partial charge in [-0.25, -0.2) is 4.39 Å². The number of allylic oxidation sites excluding steroid dienone is 1. The lowest BCUT2D eigenvalue weighted by molar-refractivity contribution is -0.116. The Balaban J connectivity index is 2.07. The second-order valence-corrected chi connectivity index (χ2v) is 5.72. The molecule has 0 spiro atoms. The summed E-state index contributed by atoms with van der Waals surface area (Å²) >= 11 is 1.25. The van der Waals surface area contributed by atoms with Crippen molar-refractivity contribution in [1.29, 1.82) is 5.26 Å². The Morgan fingerprint density at radius 3 is 2.88 bits per heavy atom. The van der Waals surface area contributed by atoms with E-state index in [4.69, 9.17) is 5.26 Å². The van der Waals surface area contributed by atoms with Crippen molar-refractivity contribution in [2.24, 2.45) is 0 Å². The molecule has 6 nitrogen and oxygen atoms in total. The number of hydrogen-bond acceptors (Lipinski definition) is 5. The number of aromatic nitrogens is 3. The maximum Gasteiger partial charge on any atom is 0.237 e. The minimum absolute atomic E-state index is 0.138. The summed E-state index contributed by atoms with van der Waals surface area (Å²) in [4.78, 5) is 14.0. The molecule has 0 aliphatic rings. The van der Waals surface area contributed by atoms with Gasteiger partial charge in [-0.05, 0) is 24.3 Å². The first-order valence-electron chi connectivity index (χ1n) is 7.20. The highest BCUT2D eigenvalue weighted by Gasteiger charge is 2.17. The second-order valence-electron chi connectivity index (χ2n) is 4.77. The van der Waals surface area contributed by atoms with Crippen LogP contribution in [0.5, 0.6) is 0 Å². The molecule has 0 bridgehead atoms. The maximum absolute atomic E-state index is 13.1. The SMILES string of the molecule is C=CCn1cnnc1SCC(=O)N(CCC#N)c1ccc(F)cc1. The summed E-state index contributed by atoms with van der Waals surface area (Å²) in [6, 6.07) is 7.64. The van der Waals surface area contributed by atoms with Crippen molar-refractivity contribution < 1.29 is 9.18 Å². The van der Waals surface area contributed by atoms with Crippen molar-refractivity contribution in [1.82, 2.24) is 14.8 Å². The summed E-state index contributed by atoms with van der Waals surface area (Å²) in [5.41, 5.74) is 0.560. The summed E-state index contributed by atoms with van der Waals surface area (Å²) in [6.07, 6.45) is 3.48. The predicted molar refractivity (Wildman–Crippen MR) is 89.9 cm³/mol. The Kier molecular flexibility index (Phi) is 6.51. The number of rotatable bonds is 8. The van der Waals surface area contributed by atoms with Gasteiger partial charge in [0.1, 0.15) is 12.1 Å². The van der Waals surface area contributed by atoms with E-state index in [0.717, 1.165) is 0 Å². The van der Waals surface area contributed by atoms with Crippen LogP contribution in [0.4, 0.5) is 10.1 Å². The van der Waals surface area contributed by atoms with Gasteiger partial charge in [-0.1, -0.05) is 17.8 Å². The van der Waals surface area contributed by atoms with Crippen molar-refractivity contribution in [3.05, 3.63) is 49.1 Å². The van der Waals surface area contributed by atoms with Crippen molar-refractivity contribution in [3.8, 4) is 6.07 Å². The van der Waals surface area contributed by atoms with Crippen LogP contribution in [0.25, 0.3) is 0 Å². The lowest BCUT2D eigenvalue weighted by Crippen LogP contribution is -2.33. The first-order valence-corrected chi connectivity index (χ1v) is 8.18. The van der Waals surface area contributed by atoms with Crippen molar-refractivity contribution in [3.63, 3.8) is 0 Å². The Bertz CT molecular complexity index is 738. The first-order chi connectivity index (χ1) is 11.7. The average Bonchev–Trinajstić information content (AvgIpc) is 3.02. The molecule has 0 N–H and O–H groups in total. The van der Waals surface area contributed by atoms with E-state index in [-0.39, 0.29) is 30.4 Å². The van der Waals surface area contributed by atoms with E-state index in [0.29, 0.717) is 17.4 Å². The van der Waals surface area contributed by atoms with E-state index in [1.807, 2.05) is 6.07 Å². The van der Waals surface area contributed by atoms with Gasteiger partial charge in [-0.15, -0.1) is 16.8 Å². The number of thioether (sulfide) groups is 1. The van der Waals surface area contributed by atoms with Crippen molar-refractivity contribution in [2.45, 2.75) is 18.1 Å². The fourth-order valence-corrected chi connectivity index (χ4v) is 2.81. The standard InChI is InChI=1S/C16H16FN5OS/c1-2-9-21-12-19-20-16(21)24-11-15(23)22(10-3-8-18)14-6-4-13(17)5-7-14/h2,4-7,12H,1,3,9-11H2. The highest BCUT2D eigenvalue weighted by molar-refractivity contribution is 7.99. The largest absolute Gasteiger partial charge is 0.311 e. The summed E-state index contributed by atoms with van der Waals surface area (Å²) in [5.74, 6) is -0.424. The van der Waals surface area contributed by atoms with Crippen LogP contribution >= 0.6 is 11.8 Å². The van der Waals surface area contributed by atoms with Gasteiger partial charge in [-0.2, -0.15) is 5.26 Å². The topological polar surface area (TPSA) is 74.8 Å². The summed E-state index contributed by atoms with van der Waals surface area (Å²) in [5, 5.41) is 17.2. The third kappa shape index (κ3) is 4.67. The first kappa shape index (κ1) is 17.7. The van der Waals surface area contributed by atoms with Crippen LogP contribution in [0.3, 0.4) is 0 Å². The van der Waals surface area contributed by atoms with Crippen LogP contribution in [-0.4, -0.2) is 33.0 Å². The Hall–Kier alpha value is -2.66. The van der Waals surface area contributed by atoms with Crippen LogP contribution in [0.15, 0.2) is 48.4 Å². The second kappa shape index (κ2) is 8.84. The molecule has 0 aliphatic carbocycles. The number of carbonyl (C=O) groups is 1. The lowest BCUT2D eigenvalue weighted by atomic mass is 10.2. The zero-order chi connectivity index (χ0) is 17.4. The molecule has 2 aromatic rings. The summed E-state index contributed by atoms with van der Waals surface area (Å²) < 4.78 is 14.8. The van der Waals surface area contributed by atoms with Gasteiger partial charge in [0.05, 0.1) is 18.2 Å². The van der Waals surface area contributed by atoms with Crippen LogP contribution in [0.1, 0.15) is 6.42 Å². The van der Waals surface area contributed by atoms with Gasteiger partial charge < -0.3 is 9.47 Å². The lowest BCUT2D eigenvalue weighted by Gasteiger charge is -2.21. The zero-order valence-electron chi connectivity index (χ0n) is 12.9. The van der Waals surface area contributed by atoms with E-state index in [2.05, 4.69) is 16.8 Å². The molecule has 1 amide bonds. The van der Waals surface area contributed by atoms with Gasteiger partial charge >= 0.3 is 0 Å². The van der Waals surface area contributed by atoms with Gasteiger partial charge in [0.2, 0.25) is 5.91 Å². The Morgan fingerprint density at radius 2 is 2.21 bits per heavy atom. The molecule has 8 heteroatoms. The molecule has 1 aromatic carbocycles. The van der Waals surface area contributed by atoms with Crippen LogP contribution in [0.2, 0.25) is 0 Å². The van der Waals surface area contributed by atoms with E-state index in [1.165, 1.54) is 40.9 Å². The predicted octanol–water partition coefficient (Wildman–Crippen LogP) is 2.64. The molecule has 0 fully saturated rings. The van der Waals surface area contributed by atoms with Gasteiger partial charge in [0.25, 0.3) is 0 Å². The summed E-state index contributed by atoms with van der Waals surface area (Å²) in [6.45, 7) is 4.46. The minimum atomic E-state index is -0.377. The van der Waals surface area contributed by atoms with Crippen molar-refractivity contribution in [2.75, 3.05) is 17.2 Å². The molecule has 24 heavy (non-hydrogen) atoms. The van der Waals surface area contributed by atoms with Gasteiger partial charge in [-0.3, -0.25) is 4.79 Å². The van der Waals surface area contributed by atoms with Crippen molar-refractivity contribution >= 4 is 23.4 Å². The fourth-order valence-electron chi connectivity index (χ4n) is 2.01. The molecule has 0 unspecified atom stereocenters. The van der Waals surface area contributed by atoms with E-state index in [1.54, 1.807) is 17.0 Å². The monoisotopic (exact) mass is 345 g/mol. The number of hydrogen-bond donors (Lipinski definition) is 0. The highest BCUT2D eigenvalue weighted by atomic mass is 32.2. The van der Waals surface area contributed by atoms with Crippen LogP contribution in [0, 0.1) is 17.1 Å². The normalized spacial score (nSPS) is 10.2. The smallest absolute Gasteiger partial charge is 0.237 e. The number of benzene rings is 1. The molecular weight excluding hydrogens is 329 g/mol. The van der Waals surface area contributed by atoms with E-state index in [9.17, 15) is 9.18 Å². The molecule has 124 valence electrons. The Labute approximate surface area is 143 Å². The van der Waals surface area contributed by atoms with Gasteiger partial charge in [0, 0.05) is 18.8 Å². The fraction of sp³-hybridized carbons (Fsp3) is 0.250. The van der Waals surface area contributed by atoms with Gasteiger partial charge in [0.15, 0.2) is 5.16 Å². The molecule has 1 aromatic heterocycles. The third-order valence-electron chi connectivity index (χ3n) is 3.12. The molecule has 0 radical (unpaired) electrons. The molecule has 1 heterocycles. The molecule has 0 atom stereocenters. The molecule has 0 saturated heterocycles. The third-order valence-corrected chi connectivity index (χ3v) is 4.08. The van der Waals surface area contributed by atoms with E-state index < -0.39 is 0 Å². The number of halogens is 1. The quantitative estimate of drug-likeness (QED) is 0.543. The molecule has 0 saturated carbocycles. The number of anilines is 1.